The molecule has 82 valence electrons. The normalized spacial score (nSPS) is 27.5. The highest BCUT2D eigenvalue weighted by molar-refractivity contribution is 5.38. The molecule has 0 amide bonds. The molecule has 0 bridgehead atoms. The van der Waals surface area contributed by atoms with Gasteiger partial charge in [-0.3, -0.25) is 0 Å². The third kappa shape index (κ3) is 1.51. The van der Waals surface area contributed by atoms with Crippen LogP contribution < -0.4 is 10.5 Å². The van der Waals surface area contributed by atoms with Gasteiger partial charge in [-0.15, -0.1) is 0 Å². The fourth-order valence-electron chi connectivity index (χ4n) is 2.16. The third-order valence-corrected chi connectivity index (χ3v) is 3.45. The number of methoxy groups -OCH3 is 1. The first-order valence-corrected chi connectivity index (χ1v) is 5.07. The van der Waals surface area contributed by atoms with Gasteiger partial charge in [-0.1, -0.05) is 19.9 Å². The largest absolute Gasteiger partial charge is 0.497 e. The number of rotatable bonds is 2. The van der Waals surface area contributed by atoms with Gasteiger partial charge in [0.15, 0.2) is 0 Å². The zero-order valence-electron chi connectivity index (χ0n) is 9.25. The van der Waals surface area contributed by atoms with Crippen molar-refractivity contribution in [1.82, 2.24) is 0 Å². The first kappa shape index (κ1) is 10.4. The second-order valence-electron chi connectivity index (χ2n) is 4.71. The molecule has 2 rings (SSSR count). The number of benzene rings is 1. The quantitative estimate of drug-likeness (QED) is 0.811. The van der Waals surface area contributed by atoms with Crippen molar-refractivity contribution < 1.29 is 9.13 Å². The molecule has 1 aliphatic carbocycles. The van der Waals surface area contributed by atoms with Crippen molar-refractivity contribution >= 4 is 0 Å². The molecule has 1 aromatic rings. The van der Waals surface area contributed by atoms with Crippen molar-refractivity contribution in [3.8, 4) is 5.75 Å². The van der Waals surface area contributed by atoms with Crippen LogP contribution in [0.4, 0.5) is 4.39 Å². The summed E-state index contributed by atoms with van der Waals surface area (Å²) in [5.41, 5.74) is 6.63. The fourth-order valence-corrected chi connectivity index (χ4v) is 2.16. The third-order valence-electron chi connectivity index (χ3n) is 3.45. The molecule has 0 unspecified atom stereocenters. The molecule has 0 heterocycles. The monoisotopic (exact) mass is 209 g/mol. The summed E-state index contributed by atoms with van der Waals surface area (Å²) >= 11 is 0. The summed E-state index contributed by atoms with van der Waals surface area (Å²) in [5.74, 6) is 0.451. The van der Waals surface area contributed by atoms with E-state index in [2.05, 4.69) is 13.8 Å². The van der Waals surface area contributed by atoms with Gasteiger partial charge in [0.2, 0.25) is 0 Å². The molecule has 2 N–H and O–H groups in total. The predicted octanol–water partition coefficient (Wildman–Crippen LogP) is 2.29. The Kier molecular flexibility index (Phi) is 2.23. The average molecular weight is 209 g/mol. The van der Waals surface area contributed by atoms with Crippen LogP contribution in [-0.4, -0.2) is 13.2 Å². The SMILES string of the molecule is COc1ccc([C@@H]2[C@@H](N)C2(C)C)c(F)c1. The lowest BCUT2D eigenvalue weighted by atomic mass is 10.0. The van der Waals surface area contributed by atoms with Crippen LogP contribution >= 0.6 is 0 Å². The molecule has 15 heavy (non-hydrogen) atoms. The Morgan fingerprint density at radius 2 is 2.00 bits per heavy atom. The average Bonchev–Trinajstić information content (AvgIpc) is 2.67. The molecule has 2 nitrogen and oxygen atoms in total. The molecular formula is C12H16FNO. The number of hydrogen-bond donors (Lipinski definition) is 1. The minimum absolute atomic E-state index is 0.00935. The molecule has 1 saturated carbocycles. The fraction of sp³-hybridized carbons (Fsp3) is 0.500. The zero-order valence-corrected chi connectivity index (χ0v) is 9.25. The van der Waals surface area contributed by atoms with Gasteiger partial charge in [0.1, 0.15) is 11.6 Å². The second-order valence-corrected chi connectivity index (χ2v) is 4.71. The van der Waals surface area contributed by atoms with E-state index >= 15 is 0 Å². The van der Waals surface area contributed by atoms with Crippen LogP contribution in [0, 0.1) is 11.2 Å². The van der Waals surface area contributed by atoms with Gasteiger partial charge >= 0.3 is 0 Å². The van der Waals surface area contributed by atoms with Crippen molar-refractivity contribution in [2.75, 3.05) is 7.11 Å². The van der Waals surface area contributed by atoms with Crippen LogP contribution in [0.2, 0.25) is 0 Å². The molecule has 3 heteroatoms. The summed E-state index contributed by atoms with van der Waals surface area (Å²) in [6, 6.07) is 5.02. The Labute approximate surface area is 89.2 Å². The van der Waals surface area contributed by atoms with Gasteiger partial charge in [0.25, 0.3) is 0 Å². The summed E-state index contributed by atoms with van der Waals surface area (Å²) in [6.07, 6.45) is 0. The highest BCUT2D eigenvalue weighted by atomic mass is 19.1. The van der Waals surface area contributed by atoms with Crippen molar-refractivity contribution in [3.63, 3.8) is 0 Å². The second kappa shape index (κ2) is 3.20. The Balaban J connectivity index is 2.32. The van der Waals surface area contributed by atoms with E-state index in [1.165, 1.54) is 13.2 Å². The summed E-state index contributed by atoms with van der Waals surface area (Å²) in [5, 5.41) is 0. The van der Waals surface area contributed by atoms with Gasteiger partial charge in [-0.25, -0.2) is 4.39 Å². The zero-order chi connectivity index (χ0) is 11.2. The summed E-state index contributed by atoms with van der Waals surface area (Å²) in [4.78, 5) is 0. The van der Waals surface area contributed by atoms with Crippen LogP contribution in [0.25, 0.3) is 0 Å². The Morgan fingerprint density at radius 3 is 2.40 bits per heavy atom. The van der Waals surface area contributed by atoms with E-state index in [0.29, 0.717) is 11.3 Å². The van der Waals surface area contributed by atoms with Crippen molar-refractivity contribution in [1.29, 1.82) is 0 Å². The number of nitrogens with two attached hydrogens (primary N) is 1. The van der Waals surface area contributed by atoms with E-state index in [4.69, 9.17) is 10.5 Å². The Bertz CT molecular complexity index is 389. The number of halogens is 1. The van der Waals surface area contributed by atoms with Gasteiger partial charge in [0, 0.05) is 18.0 Å². The van der Waals surface area contributed by atoms with Crippen molar-refractivity contribution in [3.05, 3.63) is 29.6 Å². The first-order valence-electron chi connectivity index (χ1n) is 5.07. The maximum Gasteiger partial charge on any atom is 0.130 e. The maximum atomic E-state index is 13.7. The highest BCUT2D eigenvalue weighted by Crippen LogP contribution is 2.57. The molecule has 0 spiro atoms. The molecule has 1 aromatic carbocycles. The summed E-state index contributed by atoms with van der Waals surface area (Å²) in [7, 11) is 1.53. The Morgan fingerprint density at radius 1 is 1.40 bits per heavy atom. The molecule has 1 aliphatic rings. The number of hydrogen-bond acceptors (Lipinski definition) is 2. The lowest BCUT2D eigenvalue weighted by molar-refractivity contribution is 0.410. The maximum absolute atomic E-state index is 13.7. The van der Waals surface area contributed by atoms with Crippen LogP contribution in [0.3, 0.4) is 0 Å². The van der Waals surface area contributed by atoms with Crippen molar-refractivity contribution in [2.45, 2.75) is 25.8 Å². The predicted molar refractivity (Wildman–Crippen MR) is 57.4 cm³/mol. The molecular weight excluding hydrogens is 193 g/mol. The molecule has 0 radical (unpaired) electrons. The van der Waals surface area contributed by atoms with E-state index in [0.717, 1.165) is 0 Å². The topological polar surface area (TPSA) is 35.2 Å². The van der Waals surface area contributed by atoms with Gasteiger partial charge in [-0.2, -0.15) is 0 Å². The van der Waals surface area contributed by atoms with Crippen LogP contribution in [0.1, 0.15) is 25.3 Å². The molecule has 0 aromatic heterocycles. The van der Waals surface area contributed by atoms with Crippen LogP contribution in [-0.2, 0) is 0 Å². The van der Waals surface area contributed by atoms with Gasteiger partial charge in [0.05, 0.1) is 7.11 Å². The van der Waals surface area contributed by atoms with Gasteiger partial charge < -0.3 is 10.5 Å². The van der Waals surface area contributed by atoms with E-state index in [-0.39, 0.29) is 23.2 Å². The van der Waals surface area contributed by atoms with Gasteiger partial charge in [-0.05, 0) is 17.0 Å². The minimum Gasteiger partial charge on any atom is -0.497 e. The van der Waals surface area contributed by atoms with E-state index < -0.39 is 0 Å². The lowest BCUT2D eigenvalue weighted by Gasteiger charge is -2.06. The van der Waals surface area contributed by atoms with E-state index in [9.17, 15) is 4.39 Å². The van der Waals surface area contributed by atoms with Crippen molar-refractivity contribution in [2.24, 2.45) is 11.1 Å². The van der Waals surface area contributed by atoms with E-state index in [1.807, 2.05) is 0 Å². The first-order chi connectivity index (χ1) is 6.98. The summed E-state index contributed by atoms with van der Waals surface area (Å²) < 4.78 is 18.7. The smallest absolute Gasteiger partial charge is 0.130 e. The lowest BCUT2D eigenvalue weighted by Crippen LogP contribution is -2.06. The standard InChI is InChI=1S/C12H16FNO/c1-12(2)10(11(12)14)8-5-4-7(15-3)6-9(8)13/h4-6,10-11H,14H2,1-3H3/t10-,11-/m1/s1. The van der Waals surface area contributed by atoms with Crippen LogP contribution in [0.15, 0.2) is 18.2 Å². The summed E-state index contributed by atoms with van der Waals surface area (Å²) in [6.45, 7) is 4.12. The van der Waals surface area contributed by atoms with E-state index in [1.54, 1.807) is 12.1 Å². The number of ether oxygens (including phenoxy) is 1. The molecule has 1 fully saturated rings. The van der Waals surface area contributed by atoms with Crippen LogP contribution in [0.5, 0.6) is 5.75 Å². The molecule has 0 aliphatic heterocycles. The molecule has 2 atom stereocenters. The Hall–Kier alpha value is -1.09. The minimum atomic E-state index is -0.222. The highest BCUT2D eigenvalue weighted by Gasteiger charge is 2.56. The molecule has 0 saturated heterocycles.